The monoisotopic (exact) mass is 320 g/mol. The summed E-state index contributed by atoms with van der Waals surface area (Å²) in [6.07, 6.45) is 0.882. The van der Waals surface area contributed by atoms with Crippen LogP contribution in [0.3, 0.4) is 0 Å². The largest absolute Gasteiger partial charge is 0.481 e. The Balaban J connectivity index is 1.64. The summed E-state index contributed by atoms with van der Waals surface area (Å²) in [5.41, 5.74) is 1.27. The summed E-state index contributed by atoms with van der Waals surface area (Å²) in [4.78, 5) is 22.7. The molecule has 0 radical (unpaired) electrons. The Kier molecular flexibility index (Phi) is 3.85. The van der Waals surface area contributed by atoms with Crippen molar-refractivity contribution in [2.45, 2.75) is 18.9 Å². The van der Waals surface area contributed by atoms with Crippen LogP contribution in [0.25, 0.3) is 11.3 Å². The van der Waals surface area contributed by atoms with Gasteiger partial charge >= 0.3 is 5.97 Å². The number of amides is 1. The molecule has 1 fully saturated rings. The minimum atomic E-state index is -0.826. The third-order valence-corrected chi connectivity index (χ3v) is 3.91. The van der Waals surface area contributed by atoms with Crippen molar-refractivity contribution in [1.82, 2.24) is 10.5 Å². The van der Waals surface area contributed by atoms with Gasteiger partial charge < -0.3 is 14.9 Å². The highest BCUT2D eigenvalue weighted by Gasteiger charge is 2.35. The molecule has 0 unspecified atom stereocenters. The van der Waals surface area contributed by atoms with E-state index >= 15 is 0 Å². The smallest absolute Gasteiger partial charge is 0.306 e. The van der Waals surface area contributed by atoms with Crippen LogP contribution in [0.5, 0.6) is 0 Å². The number of carbonyl (C=O) groups is 2. The SMILES string of the molecule is O=C(NC1CC(C(=O)O)C1)c1cc(-c2cccc(Cl)c2)no1. The number of benzene rings is 1. The predicted octanol–water partition coefficient (Wildman–Crippen LogP) is 2.59. The van der Waals surface area contributed by atoms with E-state index in [1.165, 1.54) is 6.07 Å². The lowest BCUT2D eigenvalue weighted by Gasteiger charge is -2.32. The zero-order chi connectivity index (χ0) is 15.7. The molecular weight excluding hydrogens is 308 g/mol. The Morgan fingerprint density at radius 1 is 1.32 bits per heavy atom. The standard InChI is InChI=1S/C15H13ClN2O4/c16-10-3-1-2-8(4-10)12-7-13(22-18-12)14(19)17-11-5-9(6-11)15(20)21/h1-4,7,9,11H,5-6H2,(H,17,19)(H,20,21). The molecule has 114 valence electrons. The van der Waals surface area contributed by atoms with Crippen LogP contribution in [-0.2, 0) is 4.79 Å². The first kappa shape index (κ1) is 14.6. The number of carboxylic acid groups (broad SMARTS) is 1. The molecule has 22 heavy (non-hydrogen) atoms. The molecule has 1 heterocycles. The van der Waals surface area contributed by atoms with Crippen LogP contribution in [0.15, 0.2) is 34.9 Å². The number of aliphatic carboxylic acids is 1. The third kappa shape index (κ3) is 2.96. The first-order chi connectivity index (χ1) is 10.5. The third-order valence-electron chi connectivity index (χ3n) is 3.68. The summed E-state index contributed by atoms with van der Waals surface area (Å²) in [5, 5.41) is 16.0. The van der Waals surface area contributed by atoms with Crippen molar-refractivity contribution in [1.29, 1.82) is 0 Å². The van der Waals surface area contributed by atoms with E-state index in [-0.39, 0.29) is 17.7 Å². The minimum absolute atomic E-state index is 0.0914. The van der Waals surface area contributed by atoms with Crippen molar-refractivity contribution < 1.29 is 19.2 Å². The molecule has 1 saturated carbocycles. The molecule has 7 heteroatoms. The molecule has 1 aliphatic carbocycles. The maximum atomic E-state index is 12.0. The summed E-state index contributed by atoms with van der Waals surface area (Å²) >= 11 is 5.91. The predicted molar refractivity (Wildman–Crippen MR) is 78.6 cm³/mol. The second kappa shape index (κ2) is 5.81. The molecule has 0 spiro atoms. The number of rotatable bonds is 4. The Hall–Kier alpha value is -2.34. The van der Waals surface area contributed by atoms with Crippen LogP contribution in [0.4, 0.5) is 0 Å². The first-order valence-corrected chi connectivity index (χ1v) is 7.17. The van der Waals surface area contributed by atoms with E-state index in [1.54, 1.807) is 18.2 Å². The van der Waals surface area contributed by atoms with Crippen LogP contribution in [-0.4, -0.2) is 28.2 Å². The van der Waals surface area contributed by atoms with Gasteiger partial charge in [-0.1, -0.05) is 28.9 Å². The number of nitrogens with one attached hydrogen (secondary N) is 1. The average Bonchev–Trinajstić information content (AvgIpc) is 2.91. The molecule has 1 aliphatic rings. The van der Waals surface area contributed by atoms with E-state index < -0.39 is 11.9 Å². The van der Waals surface area contributed by atoms with E-state index in [0.29, 0.717) is 23.6 Å². The maximum Gasteiger partial charge on any atom is 0.306 e. The van der Waals surface area contributed by atoms with Crippen molar-refractivity contribution >= 4 is 23.5 Å². The van der Waals surface area contributed by atoms with Crippen molar-refractivity contribution in [2.24, 2.45) is 5.92 Å². The molecule has 1 aromatic carbocycles. The molecule has 0 atom stereocenters. The van der Waals surface area contributed by atoms with Gasteiger partial charge in [-0.3, -0.25) is 9.59 Å². The molecule has 1 aromatic heterocycles. The summed E-state index contributed by atoms with van der Waals surface area (Å²) < 4.78 is 5.04. The minimum Gasteiger partial charge on any atom is -0.481 e. The average molecular weight is 321 g/mol. The number of carbonyl (C=O) groups excluding carboxylic acids is 1. The second-order valence-corrected chi connectivity index (χ2v) is 5.70. The summed E-state index contributed by atoms with van der Waals surface area (Å²) in [6, 6.07) is 8.47. The van der Waals surface area contributed by atoms with Gasteiger partial charge in [-0.15, -0.1) is 0 Å². The van der Waals surface area contributed by atoms with Crippen molar-refractivity contribution in [2.75, 3.05) is 0 Å². The quantitative estimate of drug-likeness (QED) is 0.903. The van der Waals surface area contributed by atoms with Gasteiger partial charge in [0.1, 0.15) is 5.69 Å². The van der Waals surface area contributed by atoms with Crippen LogP contribution in [0.2, 0.25) is 5.02 Å². The van der Waals surface area contributed by atoms with Crippen LogP contribution >= 0.6 is 11.6 Å². The van der Waals surface area contributed by atoms with Gasteiger partial charge in [0.05, 0.1) is 5.92 Å². The van der Waals surface area contributed by atoms with Crippen molar-refractivity contribution in [3.8, 4) is 11.3 Å². The van der Waals surface area contributed by atoms with E-state index in [9.17, 15) is 9.59 Å². The van der Waals surface area contributed by atoms with Gasteiger partial charge in [-0.2, -0.15) is 0 Å². The van der Waals surface area contributed by atoms with Gasteiger partial charge in [0.2, 0.25) is 5.76 Å². The Morgan fingerprint density at radius 2 is 2.09 bits per heavy atom. The highest BCUT2D eigenvalue weighted by molar-refractivity contribution is 6.30. The van der Waals surface area contributed by atoms with E-state index in [4.69, 9.17) is 21.2 Å². The van der Waals surface area contributed by atoms with Crippen LogP contribution in [0.1, 0.15) is 23.4 Å². The lowest BCUT2D eigenvalue weighted by atomic mass is 9.80. The van der Waals surface area contributed by atoms with E-state index in [0.717, 1.165) is 5.56 Å². The fourth-order valence-electron chi connectivity index (χ4n) is 2.36. The zero-order valence-corrected chi connectivity index (χ0v) is 12.2. The van der Waals surface area contributed by atoms with Gasteiger partial charge in [0, 0.05) is 22.7 Å². The Labute approximate surface area is 131 Å². The topological polar surface area (TPSA) is 92.4 Å². The summed E-state index contributed by atoms with van der Waals surface area (Å²) in [6.45, 7) is 0. The van der Waals surface area contributed by atoms with Crippen molar-refractivity contribution in [3.05, 3.63) is 41.1 Å². The van der Waals surface area contributed by atoms with Crippen LogP contribution in [0, 0.1) is 5.92 Å². The number of hydrogen-bond acceptors (Lipinski definition) is 4. The molecule has 1 amide bonds. The van der Waals surface area contributed by atoms with E-state index in [1.807, 2.05) is 6.07 Å². The van der Waals surface area contributed by atoms with Gasteiger partial charge in [0.25, 0.3) is 5.91 Å². The zero-order valence-electron chi connectivity index (χ0n) is 11.5. The lowest BCUT2D eigenvalue weighted by molar-refractivity contribution is -0.145. The highest BCUT2D eigenvalue weighted by atomic mass is 35.5. The molecule has 2 N–H and O–H groups in total. The van der Waals surface area contributed by atoms with Crippen LogP contribution < -0.4 is 5.32 Å². The van der Waals surface area contributed by atoms with Crippen molar-refractivity contribution in [3.63, 3.8) is 0 Å². The second-order valence-electron chi connectivity index (χ2n) is 5.26. The molecule has 0 saturated heterocycles. The first-order valence-electron chi connectivity index (χ1n) is 6.79. The van der Waals surface area contributed by atoms with Gasteiger partial charge in [-0.05, 0) is 25.0 Å². The maximum absolute atomic E-state index is 12.0. The molecular formula is C15H13ClN2O4. The number of nitrogens with zero attached hydrogens (tertiary/aromatic N) is 1. The molecule has 0 bridgehead atoms. The number of aromatic nitrogens is 1. The summed E-state index contributed by atoms with van der Waals surface area (Å²) in [5.74, 6) is -1.50. The fraction of sp³-hybridized carbons (Fsp3) is 0.267. The Bertz CT molecular complexity index is 722. The van der Waals surface area contributed by atoms with Gasteiger partial charge in [-0.25, -0.2) is 0 Å². The number of carboxylic acids is 1. The lowest BCUT2D eigenvalue weighted by Crippen LogP contribution is -2.46. The molecule has 6 nitrogen and oxygen atoms in total. The fourth-order valence-corrected chi connectivity index (χ4v) is 2.55. The van der Waals surface area contributed by atoms with E-state index in [2.05, 4.69) is 10.5 Å². The molecule has 3 rings (SSSR count). The van der Waals surface area contributed by atoms with Gasteiger partial charge in [0.15, 0.2) is 0 Å². The number of hydrogen-bond donors (Lipinski definition) is 2. The molecule has 2 aromatic rings. The normalized spacial score (nSPS) is 20.2. The number of halogens is 1. The molecule has 0 aliphatic heterocycles. The highest BCUT2D eigenvalue weighted by Crippen LogP contribution is 2.28. The summed E-state index contributed by atoms with van der Waals surface area (Å²) in [7, 11) is 0. The Morgan fingerprint density at radius 3 is 2.77 bits per heavy atom.